The molecule has 3 aromatic rings. The maximum atomic E-state index is 12.5. The molecule has 0 amide bonds. The van der Waals surface area contributed by atoms with Crippen LogP contribution in [0.1, 0.15) is 0 Å². The van der Waals surface area contributed by atoms with E-state index >= 15 is 0 Å². The van der Waals surface area contributed by atoms with Crippen LogP contribution in [-0.2, 0) is 10.0 Å². The SMILES string of the molecule is COc1cc(NS(C)(=O)=O)ccc1-n1nc(NCCN(C)CCF)c2cnc(Cl)cc21. The highest BCUT2D eigenvalue weighted by atomic mass is 35.5. The van der Waals surface area contributed by atoms with Gasteiger partial charge in [0.2, 0.25) is 10.0 Å². The van der Waals surface area contributed by atoms with E-state index in [9.17, 15) is 12.8 Å². The summed E-state index contributed by atoms with van der Waals surface area (Å²) in [5.41, 5.74) is 1.66. The minimum absolute atomic E-state index is 0.303. The highest BCUT2D eigenvalue weighted by Crippen LogP contribution is 2.32. The zero-order valence-electron chi connectivity index (χ0n) is 17.4. The fourth-order valence-corrected chi connectivity index (χ4v) is 3.76. The lowest BCUT2D eigenvalue weighted by molar-refractivity contribution is 0.304. The van der Waals surface area contributed by atoms with Crippen LogP contribution in [-0.4, -0.2) is 74.8 Å². The number of alkyl halides is 1. The van der Waals surface area contributed by atoms with Gasteiger partial charge in [0.25, 0.3) is 0 Å². The molecule has 0 aliphatic heterocycles. The van der Waals surface area contributed by atoms with Gasteiger partial charge < -0.3 is 15.0 Å². The Labute approximate surface area is 185 Å². The summed E-state index contributed by atoms with van der Waals surface area (Å²) in [6.45, 7) is 1.15. The molecule has 0 atom stereocenters. The normalized spacial score (nSPS) is 11.8. The van der Waals surface area contributed by atoms with Gasteiger partial charge in [-0.3, -0.25) is 4.72 Å². The summed E-state index contributed by atoms with van der Waals surface area (Å²) in [4.78, 5) is 6.02. The molecule has 2 heterocycles. The van der Waals surface area contributed by atoms with Gasteiger partial charge in [-0.05, 0) is 19.2 Å². The van der Waals surface area contributed by atoms with Crippen molar-refractivity contribution in [3.8, 4) is 11.4 Å². The Bertz CT molecular complexity index is 1170. The van der Waals surface area contributed by atoms with Gasteiger partial charge in [0, 0.05) is 38.0 Å². The molecule has 0 aliphatic rings. The van der Waals surface area contributed by atoms with Crippen LogP contribution in [0.15, 0.2) is 30.5 Å². The van der Waals surface area contributed by atoms with Gasteiger partial charge in [-0.15, -0.1) is 5.10 Å². The number of methoxy groups -OCH3 is 1. The van der Waals surface area contributed by atoms with Crippen molar-refractivity contribution >= 4 is 44.0 Å². The molecule has 12 heteroatoms. The van der Waals surface area contributed by atoms with E-state index in [1.807, 2.05) is 11.9 Å². The van der Waals surface area contributed by atoms with Crippen LogP contribution in [0.4, 0.5) is 15.9 Å². The van der Waals surface area contributed by atoms with Gasteiger partial charge >= 0.3 is 0 Å². The van der Waals surface area contributed by atoms with E-state index in [0.717, 1.165) is 11.6 Å². The Morgan fingerprint density at radius 3 is 2.74 bits per heavy atom. The first kappa shape index (κ1) is 23.0. The van der Waals surface area contributed by atoms with Crippen molar-refractivity contribution in [1.29, 1.82) is 0 Å². The maximum Gasteiger partial charge on any atom is 0.229 e. The third-order valence-electron chi connectivity index (χ3n) is 4.50. The highest BCUT2D eigenvalue weighted by molar-refractivity contribution is 7.92. The Morgan fingerprint density at radius 1 is 1.29 bits per heavy atom. The number of rotatable bonds is 10. The van der Waals surface area contributed by atoms with E-state index in [1.54, 1.807) is 35.1 Å². The van der Waals surface area contributed by atoms with E-state index in [0.29, 0.717) is 53.2 Å². The van der Waals surface area contributed by atoms with Gasteiger partial charge in [-0.25, -0.2) is 22.5 Å². The quantitative estimate of drug-likeness (QED) is 0.439. The molecule has 31 heavy (non-hydrogen) atoms. The molecule has 0 spiro atoms. The second-order valence-electron chi connectivity index (χ2n) is 6.96. The summed E-state index contributed by atoms with van der Waals surface area (Å²) >= 11 is 6.12. The zero-order valence-corrected chi connectivity index (χ0v) is 19.0. The number of halogens is 2. The standard InChI is InChI=1S/C19H24ClFN6O3S/c1-26(8-6-21)9-7-22-19-14-12-23-18(20)11-16(14)27(24-19)15-5-4-13(10-17(15)30-2)25-31(3,28)29/h4-5,10-12,25H,6-9H2,1-3H3,(H,22,24). The third-order valence-corrected chi connectivity index (χ3v) is 5.31. The predicted molar refractivity (Wildman–Crippen MR) is 121 cm³/mol. The van der Waals surface area contributed by atoms with Crippen molar-refractivity contribution in [2.45, 2.75) is 0 Å². The van der Waals surface area contributed by atoms with Gasteiger partial charge in [-0.1, -0.05) is 11.6 Å². The number of anilines is 2. The number of hydrogen-bond donors (Lipinski definition) is 2. The maximum absolute atomic E-state index is 12.5. The molecule has 0 fully saturated rings. The Balaban J connectivity index is 1.99. The van der Waals surface area contributed by atoms with Crippen molar-refractivity contribution in [3.63, 3.8) is 0 Å². The molecular weight excluding hydrogens is 447 g/mol. The zero-order chi connectivity index (χ0) is 22.6. The summed E-state index contributed by atoms with van der Waals surface area (Å²) < 4.78 is 45.1. The van der Waals surface area contributed by atoms with Crippen LogP contribution < -0.4 is 14.8 Å². The molecule has 0 aliphatic carbocycles. The summed E-state index contributed by atoms with van der Waals surface area (Å²) in [5, 5.41) is 8.96. The van der Waals surface area contributed by atoms with Crippen molar-refractivity contribution in [1.82, 2.24) is 19.7 Å². The molecule has 168 valence electrons. The monoisotopic (exact) mass is 470 g/mol. The number of fused-ring (bicyclic) bond motifs is 1. The lowest BCUT2D eigenvalue weighted by Gasteiger charge is -2.14. The lowest BCUT2D eigenvalue weighted by Crippen LogP contribution is -2.27. The third kappa shape index (κ3) is 5.75. The smallest absolute Gasteiger partial charge is 0.229 e. The van der Waals surface area contributed by atoms with Gasteiger partial charge in [0.05, 0.1) is 30.0 Å². The van der Waals surface area contributed by atoms with E-state index in [2.05, 4.69) is 20.1 Å². The lowest BCUT2D eigenvalue weighted by atomic mass is 10.2. The first-order valence-electron chi connectivity index (χ1n) is 9.40. The van der Waals surface area contributed by atoms with E-state index < -0.39 is 16.7 Å². The van der Waals surface area contributed by atoms with Crippen molar-refractivity contribution in [2.75, 3.05) is 56.8 Å². The van der Waals surface area contributed by atoms with Crippen molar-refractivity contribution in [3.05, 3.63) is 35.6 Å². The Morgan fingerprint density at radius 2 is 2.06 bits per heavy atom. The van der Waals surface area contributed by atoms with Crippen LogP contribution in [0.2, 0.25) is 5.15 Å². The molecule has 0 bridgehead atoms. The highest BCUT2D eigenvalue weighted by Gasteiger charge is 2.17. The average molecular weight is 471 g/mol. The topological polar surface area (TPSA) is 101 Å². The molecule has 9 nitrogen and oxygen atoms in total. The fraction of sp³-hybridized carbons (Fsp3) is 0.368. The van der Waals surface area contributed by atoms with E-state index in [1.165, 1.54) is 7.11 Å². The first-order valence-corrected chi connectivity index (χ1v) is 11.7. The summed E-state index contributed by atoms with van der Waals surface area (Å²) in [6.07, 6.45) is 2.70. The molecular formula is C19H24ClFN6O3S. The summed E-state index contributed by atoms with van der Waals surface area (Å²) in [7, 11) is -0.0958. The summed E-state index contributed by atoms with van der Waals surface area (Å²) in [6, 6.07) is 6.58. The minimum Gasteiger partial charge on any atom is -0.494 e. The van der Waals surface area contributed by atoms with Crippen LogP contribution >= 0.6 is 11.6 Å². The van der Waals surface area contributed by atoms with Gasteiger partial charge in [-0.2, -0.15) is 0 Å². The second-order valence-corrected chi connectivity index (χ2v) is 9.10. The molecule has 2 N–H and O–H groups in total. The van der Waals surface area contributed by atoms with Crippen molar-refractivity contribution < 1.29 is 17.5 Å². The first-order chi connectivity index (χ1) is 14.7. The molecule has 0 saturated carbocycles. The number of likely N-dealkylation sites (N-methyl/N-ethyl adjacent to an activating group) is 1. The number of nitrogens with zero attached hydrogens (tertiary/aromatic N) is 4. The number of sulfonamides is 1. The minimum atomic E-state index is -3.43. The molecule has 3 rings (SSSR count). The predicted octanol–water partition coefficient (Wildman–Crippen LogP) is 2.77. The summed E-state index contributed by atoms with van der Waals surface area (Å²) in [5.74, 6) is 1.01. The van der Waals surface area contributed by atoms with Gasteiger partial charge in [0.15, 0.2) is 5.82 Å². The molecule has 0 unspecified atom stereocenters. The van der Waals surface area contributed by atoms with E-state index in [4.69, 9.17) is 16.3 Å². The number of pyridine rings is 1. The molecule has 2 aromatic heterocycles. The molecule has 0 radical (unpaired) electrons. The fourth-order valence-electron chi connectivity index (χ4n) is 3.05. The van der Waals surface area contributed by atoms with Crippen LogP contribution in [0.5, 0.6) is 5.75 Å². The number of benzene rings is 1. The number of aromatic nitrogens is 3. The number of nitrogens with one attached hydrogen (secondary N) is 2. The Hall–Kier alpha value is -2.63. The second kappa shape index (κ2) is 9.67. The number of hydrogen-bond acceptors (Lipinski definition) is 7. The molecule has 0 saturated heterocycles. The average Bonchev–Trinajstić information content (AvgIpc) is 3.04. The van der Waals surface area contributed by atoms with Gasteiger partial charge in [0.1, 0.15) is 23.3 Å². The molecule has 1 aromatic carbocycles. The number of ether oxygens (including phenoxy) is 1. The van der Waals surface area contributed by atoms with E-state index in [-0.39, 0.29) is 0 Å². The van der Waals surface area contributed by atoms with Crippen LogP contribution in [0.3, 0.4) is 0 Å². The largest absolute Gasteiger partial charge is 0.494 e. The Kier molecular flexibility index (Phi) is 7.19. The van der Waals surface area contributed by atoms with Crippen molar-refractivity contribution in [2.24, 2.45) is 0 Å². The van der Waals surface area contributed by atoms with Crippen LogP contribution in [0, 0.1) is 0 Å². The van der Waals surface area contributed by atoms with Crippen LogP contribution in [0.25, 0.3) is 16.6 Å².